The lowest BCUT2D eigenvalue weighted by atomic mass is 10.0. The highest BCUT2D eigenvalue weighted by Gasteiger charge is 2.31. The second-order valence-electron chi connectivity index (χ2n) is 8.47. The second-order valence-corrected chi connectivity index (χ2v) is 8.47. The van der Waals surface area contributed by atoms with Crippen molar-refractivity contribution < 1.29 is 0 Å². The maximum absolute atomic E-state index is 5.06. The summed E-state index contributed by atoms with van der Waals surface area (Å²) < 4.78 is 4.27. The van der Waals surface area contributed by atoms with Gasteiger partial charge in [-0.25, -0.2) is 9.67 Å². The normalized spacial score (nSPS) is 14.4. The Morgan fingerprint density at radius 3 is 2.26 bits per heavy atom. The van der Waals surface area contributed by atoms with Crippen LogP contribution in [0.4, 0.5) is 5.69 Å². The van der Waals surface area contributed by atoms with Crippen LogP contribution in [0, 0.1) is 0 Å². The van der Waals surface area contributed by atoms with Crippen molar-refractivity contribution in [3.63, 3.8) is 0 Å². The van der Waals surface area contributed by atoms with Crippen LogP contribution in [0.1, 0.15) is 11.7 Å². The zero-order chi connectivity index (χ0) is 22.5. The predicted molar refractivity (Wildman–Crippen MR) is 136 cm³/mol. The van der Waals surface area contributed by atoms with Crippen molar-refractivity contribution in [2.75, 3.05) is 5.32 Å². The van der Waals surface area contributed by atoms with Crippen LogP contribution in [0.2, 0.25) is 0 Å². The molecule has 162 valence electrons. The van der Waals surface area contributed by atoms with Gasteiger partial charge in [0, 0.05) is 28.6 Å². The number of anilines is 1. The molecule has 0 spiro atoms. The fourth-order valence-corrected chi connectivity index (χ4v) is 4.85. The van der Waals surface area contributed by atoms with Crippen LogP contribution in [0.25, 0.3) is 39.4 Å². The molecule has 0 aliphatic carbocycles. The molecule has 6 aromatic rings. The maximum Gasteiger partial charge on any atom is 0.145 e. The maximum atomic E-state index is 5.06. The van der Waals surface area contributed by atoms with Gasteiger partial charge in [0.15, 0.2) is 0 Å². The van der Waals surface area contributed by atoms with Gasteiger partial charge in [0.1, 0.15) is 12.0 Å². The van der Waals surface area contributed by atoms with E-state index in [0.717, 1.165) is 50.6 Å². The molecular formula is C29H21N5. The SMILES string of the molecule is c1ccc(-c2nn(-c3ccccc3)cc2[C@H]2Nc3ccccc3-c3nc4ccccc4n32)cc1. The van der Waals surface area contributed by atoms with Gasteiger partial charge in [-0.2, -0.15) is 5.10 Å². The summed E-state index contributed by atoms with van der Waals surface area (Å²) in [4.78, 5) is 5.03. The van der Waals surface area contributed by atoms with Gasteiger partial charge in [0.2, 0.25) is 0 Å². The third-order valence-corrected chi connectivity index (χ3v) is 6.42. The second kappa shape index (κ2) is 7.46. The number of hydrogen-bond donors (Lipinski definition) is 1. The van der Waals surface area contributed by atoms with E-state index in [1.54, 1.807) is 0 Å². The molecule has 7 rings (SSSR count). The van der Waals surface area contributed by atoms with E-state index in [4.69, 9.17) is 10.1 Å². The molecule has 1 aliphatic heterocycles. The van der Waals surface area contributed by atoms with Gasteiger partial charge in [-0.05, 0) is 36.4 Å². The first-order valence-electron chi connectivity index (χ1n) is 11.4. The molecule has 0 saturated heterocycles. The smallest absolute Gasteiger partial charge is 0.145 e. The number of nitrogens with one attached hydrogen (secondary N) is 1. The molecule has 0 radical (unpaired) electrons. The first-order chi connectivity index (χ1) is 16.9. The number of hydrogen-bond acceptors (Lipinski definition) is 3. The van der Waals surface area contributed by atoms with Crippen molar-refractivity contribution in [3.05, 3.63) is 121 Å². The van der Waals surface area contributed by atoms with E-state index >= 15 is 0 Å². The van der Waals surface area contributed by atoms with Crippen molar-refractivity contribution in [1.82, 2.24) is 19.3 Å². The molecular weight excluding hydrogens is 418 g/mol. The number of fused-ring (bicyclic) bond motifs is 5. The molecule has 5 heteroatoms. The molecule has 0 amide bonds. The van der Waals surface area contributed by atoms with E-state index in [1.165, 1.54) is 0 Å². The summed E-state index contributed by atoms with van der Waals surface area (Å²) in [5.74, 6) is 0.965. The van der Waals surface area contributed by atoms with E-state index in [9.17, 15) is 0 Å². The quantitative estimate of drug-likeness (QED) is 0.341. The van der Waals surface area contributed by atoms with Crippen LogP contribution in [0.5, 0.6) is 0 Å². The van der Waals surface area contributed by atoms with Crippen molar-refractivity contribution in [1.29, 1.82) is 0 Å². The van der Waals surface area contributed by atoms with Crippen LogP contribution in [0.15, 0.2) is 115 Å². The van der Waals surface area contributed by atoms with Gasteiger partial charge in [0.05, 0.1) is 22.4 Å². The number of aromatic nitrogens is 4. The first-order valence-corrected chi connectivity index (χ1v) is 11.4. The van der Waals surface area contributed by atoms with Crippen molar-refractivity contribution in [3.8, 4) is 28.3 Å². The van der Waals surface area contributed by atoms with Crippen LogP contribution in [-0.2, 0) is 0 Å². The Morgan fingerprint density at radius 1 is 0.706 bits per heavy atom. The Hall–Kier alpha value is -4.64. The van der Waals surface area contributed by atoms with Gasteiger partial charge in [-0.1, -0.05) is 72.8 Å². The van der Waals surface area contributed by atoms with E-state index in [-0.39, 0.29) is 6.17 Å². The minimum atomic E-state index is -0.162. The van der Waals surface area contributed by atoms with E-state index in [2.05, 4.69) is 94.9 Å². The summed E-state index contributed by atoms with van der Waals surface area (Å²) >= 11 is 0. The standard InChI is InChI=1S/C29H21N5/c1-3-11-20(12-4-1)27-23(19-33(32-27)21-13-5-2-6-14-21)29-30-24-16-8-7-15-22(24)28-31-25-17-9-10-18-26(25)34(28)29/h1-19,29-30H/t29-/m0/s1. The molecule has 0 saturated carbocycles. The highest BCUT2D eigenvalue weighted by molar-refractivity contribution is 5.87. The summed E-state index contributed by atoms with van der Waals surface area (Å²) in [5, 5.41) is 8.85. The fraction of sp³-hybridized carbons (Fsp3) is 0.0345. The Kier molecular flexibility index (Phi) is 4.14. The lowest BCUT2D eigenvalue weighted by molar-refractivity contribution is 0.670. The number of rotatable bonds is 3. The predicted octanol–water partition coefficient (Wildman–Crippen LogP) is 6.53. The minimum Gasteiger partial charge on any atom is -0.360 e. The molecule has 0 unspecified atom stereocenters. The highest BCUT2D eigenvalue weighted by Crippen LogP contribution is 2.42. The van der Waals surface area contributed by atoms with Crippen LogP contribution >= 0.6 is 0 Å². The van der Waals surface area contributed by atoms with Crippen molar-refractivity contribution in [2.45, 2.75) is 6.17 Å². The summed E-state index contributed by atoms with van der Waals surface area (Å²) in [6, 6.07) is 37.3. The van der Waals surface area contributed by atoms with Crippen LogP contribution < -0.4 is 5.32 Å². The van der Waals surface area contributed by atoms with Gasteiger partial charge in [-0.15, -0.1) is 0 Å². The minimum absolute atomic E-state index is 0.162. The molecule has 1 N–H and O–H groups in total. The molecule has 0 fully saturated rings. The molecule has 3 heterocycles. The Labute approximate surface area is 196 Å². The monoisotopic (exact) mass is 439 g/mol. The zero-order valence-electron chi connectivity index (χ0n) is 18.3. The summed E-state index contributed by atoms with van der Waals surface area (Å²) in [7, 11) is 0. The first kappa shape index (κ1) is 18.9. The Bertz CT molecular complexity index is 1630. The number of nitrogens with zero attached hydrogens (tertiary/aromatic N) is 4. The summed E-state index contributed by atoms with van der Waals surface area (Å²) in [6.07, 6.45) is 1.98. The zero-order valence-corrected chi connectivity index (χ0v) is 18.3. The lowest BCUT2D eigenvalue weighted by Gasteiger charge is -2.30. The molecule has 2 aromatic heterocycles. The van der Waals surface area contributed by atoms with E-state index < -0.39 is 0 Å². The van der Waals surface area contributed by atoms with Gasteiger partial charge in [-0.3, -0.25) is 4.57 Å². The Balaban J connectivity index is 1.51. The van der Waals surface area contributed by atoms with Crippen molar-refractivity contribution in [2.24, 2.45) is 0 Å². The van der Waals surface area contributed by atoms with Crippen LogP contribution in [0.3, 0.4) is 0 Å². The lowest BCUT2D eigenvalue weighted by Crippen LogP contribution is -2.25. The van der Waals surface area contributed by atoms with Gasteiger partial charge in [0.25, 0.3) is 0 Å². The van der Waals surface area contributed by atoms with Crippen LogP contribution in [-0.4, -0.2) is 19.3 Å². The summed E-state index contributed by atoms with van der Waals surface area (Å²) in [6.45, 7) is 0. The topological polar surface area (TPSA) is 47.7 Å². The highest BCUT2D eigenvalue weighted by atomic mass is 15.3. The van der Waals surface area contributed by atoms with Crippen molar-refractivity contribution >= 4 is 16.7 Å². The molecule has 5 nitrogen and oxygen atoms in total. The van der Waals surface area contributed by atoms with Gasteiger partial charge < -0.3 is 5.32 Å². The van der Waals surface area contributed by atoms with E-state index in [1.807, 2.05) is 35.0 Å². The fourth-order valence-electron chi connectivity index (χ4n) is 4.85. The molecule has 1 atom stereocenters. The average molecular weight is 440 g/mol. The molecule has 1 aliphatic rings. The number of benzene rings is 4. The molecule has 34 heavy (non-hydrogen) atoms. The molecule has 4 aromatic carbocycles. The van der Waals surface area contributed by atoms with E-state index in [0.29, 0.717) is 0 Å². The third-order valence-electron chi connectivity index (χ3n) is 6.42. The number of para-hydroxylation sites is 4. The van der Waals surface area contributed by atoms with Gasteiger partial charge >= 0.3 is 0 Å². The number of imidazole rings is 1. The molecule has 0 bridgehead atoms. The summed E-state index contributed by atoms with van der Waals surface area (Å²) in [5.41, 5.74) is 8.40. The Morgan fingerprint density at radius 2 is 1.41 bits per heavy atom. The average Bonchev–Trinajstić information content (AvgIpc) is 3.52. The largest absolute Gasteiger partial charge is 0.360 e. The third kappa shape index (κ3) is 2.87.